The normalized spacial score (nSPS) is 17.3. The van der Waals surface area contributed by atoms with Crippen molar-refractivity contribution in [1.29, 1.82) is 0 Å². The molecule has 0 saturated carbocycles. The minimum Gasteiger partial charge on any atom is -0.398 e. The van der Waals surface area contributed by atoms with Gasteiger partial charge < -0.3 is 11.1 Å². The zero-order valence-electron chi connectivity index (χ0n) is 11.9. The second-order valence-corrected chi connectivity index (χ2v) is 5.66. The Morgan fingerprint density at radius 3 is 2.71 bits per heavy atom. The summed E-state index contributed by atoms with van der Waals surface area (Å²) in [5, 5.41) is 3.49. The number of nitrogens with one attached hydrogen (secondary N) is 1. The topological polar surface area (TPSA) is 88.3 Å². The second kappa shape index (κ2) is 4.44. The molecule has 1 aliphatic rings. The molecule has 0 radical (unpaired) electrons. The number of carbonyl (C=O) groups excluding carboxylic acids is 2. The lowest BCUT2D eigenvalue weighted by Gasteiger charge is -2.17. The summed E-state index contributed by atoms with van der Waals surface area (Å²) >= 11 is 0. The van der Waals surface area contributed by atoms with Gasteiger partial charge in [-0.25, -0.2) is 4.79 Å². The molecule has 3 rings (SSSR count). The highest BCUT2D eigenvalue weighted by Crippen LogP contribution is 2.26. The molecule has 108 valence electrons. The number of imide groups is 1. The first kappa shape index (κ1) is 13.4. The summed E-state index contributed by atoms with van der Waals surface area (Å²) in [5.41, 5.74) is 7.19. The number of rotatable bonds is 2. The summed E-state index contributed by atoms with van der Waals surface area (Å²) in [6.07, 6.45) is 1.67. The maximum atomic E-state index is 12.2. The van der Waals surface area contributed by atoms with E-state index < -0.39 is 5.54 Å². The molecular weight excluding hydrogens is 268 g/mol. The molecule has 1 aromatic carbocycles. The Morgan fingerprint density at radius 2 is 2.05 bits per heavy atom. The van der Waals surface area contributed by atoms with Crippen molar-refractivity contribution < 1.29 is 9.59 Å². The van der Waals surface area contributed by atoms with Gasteiger partial charge in [0, 0.05) is 17.3 Å². The van der Waals surface area contributed by atoms with Gasteiger partial charge in [0.25, 0.3) is 5.91 Å². The van der Waals surface area contributed by atoms with Crippen LogP contribution >= 0.6 is 0 Å². The van der Waals surface area contributed by atoms with Crippen molar-refractivity contribution in [3.05, 3.63) is 36.0 Å². The number of nitrogens with two attached hydrogens (primary N) is 1. The molecule has 1 aromatic heterocycles. The first-order valence-electron chi connectivity index (χ1n) is 6.66. The highest BCUT2D eigenvalue weighted by Gasteiger charge is 2.44. The average molecular weight is 284 g/mol. The van der Waals surface area contributed by atoms with Gasteiger partial charge in [0.05, 0.1) is 12.1 Å². The van der Waals surface area contributed by atoms with Gasteiger partial charge in [-0.2, -0.15) is 0 Å². The van der Waals surface area contributed by atoms with Crippen LogP contribution in [0.4, 0.5) is 10.5 Å². The SMILES string of the molecule is CC1(C)NC(=O)N(Cc2ccc(N)c3cccnc23)C1=O. The van der Waals surface area contributed by atoms with E-state index >= 15 is 0 Å². The molecule has 1 saturated heterocycles. The molecule has 6 nitrogen and oxygen atoms in total. The van der Waals surface area contributed by atoms with Crippen LogP contribution in [-0.2, 0) is 11.3 Å². The average Bonchev–Trinajstić information content (AvgIpc) is 2.64. The van der Waals surface area contributed by atoms with Gasteiger partial charge in [0.15, 0.2) is 0 Å². The molecule has 1 aliphatic heterocycles. The van der Waals surface area contributed by atoms with E-state index in [1.54, 1.807) is 38.2 Å². The molecule has 0 unspecified atom stereocenters. The third kappa shape index (κ3) is 2.08. The largest absolute Gasteiger partial charge is 0.398 e. The predicted octanol–water partition coefficient (Wildman–Crippen LogP) is 1.65. The maximum Gasteiger partial charge on any atom is 0.325 e. The van der Waals surface area contributed by atoms with Gasteiger partial charge in [0.2, 0.25) is 0 Å². The number of urea groups is 1. The van der Waals surface area contributed by atoms with Gasteiger partial charge in [-0.1, -0.05) is 6.07 Å². The highest BCUT2D eigenvalue weighted by molar-refractivity contribution is 6.06. The van der Waals surface area contributed by atoms with E-state index in [0.717, 1.165) is 10.9 Å². The van der Waals surface area contributed by atoms with Crippen LogP contribution in [-0.4, -0.2) is 27.4 Å². The van der Waals surface area contributed by atoms with Crippen molar-refractivity contribution in [2.45, 2.75) is 25.9 Å². The van der Waals surface area contributed by atoms with Crippen molar-refractivity contribution in [3.63, 3.8) is 0 Å². The van der Waals surface area contributed by atoms with Crippen LogP contribution in [0.15, 0.2) is 30.5 Å². The molecule has 6 heteroatoms. The summed E-state index contributed by atoms with van der Waals surface area (Å²) < 4.78 is 0. The molecule has 0 atom stereocenters. The summed E-state index contributed by atoms with van der Waals surface area (Å²) in [5.74, 6) is -0.242. The lowest BCUT2D eigenvalue weighted by molar-refractivity contribution is -0.130. The van der Waals surface area contributed by atoms with Crippen LogP contribution in [0.3, 0.4) is 0 Å². The molecule has 0 aliphatic carbocycles. The summed E-state index contributed by atoms with van der Waals surface area (Å²) in [6, 6.07) is 6.86. The monoisotopic (exact) mass is 284 g/mol. The molecule has 3 N–H and O–H groups in total. The summed E-state index contributed by atoms with van der Waals surface area (Å²) in [4.78, 5) is 29.7. The zero-order valence-corrected chi connectivity index (χ0v) is 11.9. The Morgan fingerprint density at radius 1 is 1.29 bits per heavy atom. The van der Waals surface area contributed by atoms with Gasteiger partial charge in [-0.15, -0.1) is 0 Å². The number of aromatic nitrogens is 1. The van der Waals surface area contributed by atoms with E-state index in [1.165, 1.54) is 4.90 Å². The summed E-state index contributed by atoms with van der Waals surface area (Å²) in [7, 11) is 0. The minimum atomic E-state index is -0.867. The number of benzene rings is 1. The van der Waals surface area contributed by atoms with Crippen molar-refractivity contribution in [1.82, 2.24) is 15.2 Å². The number of nitrogen functional groups attached to an aromatic ring is 1. The fourth-order valence-electron chi connectivity index (χ4n) is 2.51. The van der Waals surface area contributed by atoms with Crippen LogP contribution < -0.4 is 11.1 Å². The van der Waals surface area contributed by atoms with Crippen LogP contribution in [0.1, 0.15) is 19.4 Å². The number of hydrogen-bond donors (Lipinski definition) is 2. The third-order valence-electron chi connectivity index (χ3n) is 3.66. The van der Waals surface area contributed by atoms with E-state index in [1.807, 2.05) is 6.07 Å². The second-order valence-electron chi connectivity index (χ2n) is 5.66. The number of pyridine rings is 1. The first-order valence-corrected chi connectivity index (χ1v) is 6.66. The molecule has 1 fully saturated rings. The van der Waals surface area contributed by atoms with Crippen LogP contribution in [0.5, 0.6) is 0 Å². The number of carbonyl (C=O) groups is 2. The van der Waals surface area contributed by atoms with Gasteiger partial charge in [0.1, 0.15) is 5.54 Å². The quantitative estimate of drug-likeness (QED) is 0.648. The van der Waals surface area contributed by atoms with E-state index in [4.69, 9.17) is 5.73 Å². The number of amides is 3. The third-order valence-corrected chi connectivity index (χ3v) is 3.66. The van der Waals surface area contributed by atoms with Crippen LogP contribution in [0.2, 0.25) is 0 Å². The van der Waals surface area contributed by atoms with Crippen molar-refractivity contribution >= 4 is 28.5 Å². The standard InChI is InChI=1S/C15H16N4O2/c1-15(2)13(20)19(14(21)18-15)8-9-5-6-11(16)10-4-3-7-17-12(9)10/h3-7H,8,16H2,1-2H3,(H,18,21). The summed E-state index contributed by atoms with van der Waals surface area (Å²) in [6.45, 7) is 3.56. The van der Waals surface area contributed by atoms with Gasteiger partial charge in [-0.3, -0.25) is 14.7 Å². The van der Waals surface area contributed by atoms with E-state index in [2.05, 4.69) is 10.3 Å². The molecule has 2 heterocycles. The van der Waals surface area contributed by atoms with Crippen molar-refractivity contribution in [2.75, 3.05) is 5.73 Å². The number of anilines is 1. The first-order chi connectivity index (χ1) is 9.90. The lowest BCUT2D eigenvalue weighted by atomic mass is 10.1. The maximum absolute atomic E-state index is 12.2. The number of nitrogens with zero attached hydrogens (tertiary/aromatic N) is 2. The number of fused-ring (bicyclic) bond motifs is 1. The molecular formula is C15H16N4O2. The fourth-order valence-corrected chi connectivity index (χ4v) is 2.51. The molecule has 3 amide bonds. The molecule has 0 spiro atoms. The van der Waals surface area contributed by atoms with Crippen LogP contribution in [0.25, 0.3) is 10.9 Å². The van der Waals surface area contributed by atoms with E-state index in [9.17, 15) is 9.59 Å². The van der Waals surface area contributed by atoms with Gasteiger partial charge >= 0.3 is 6.03 Å². The van der Waals surface area contributed by atoms with E-state index in [0.29, 0.717) is 11.2 Å². The van der Waals surface area contributed by atoms with Crippen molar-refractivity contribution in [2.24, 2.45) is 0 Å². The Labute approximate surface area is 121 Å². The Kier molecular flexibility index (Phi) is 2.83. The Balaban J connectivity index is 2.02. The highest BCUT2D eigenvalue weighted by atomic mass is 16.2. The predicted molar refractivity (Wildman–Crippen MR) is 79.3 cm³/mol. The minimum absolute atomic E-state index is 0.182. The Hall–Kier alpha value is -2.63. The van der Waals surface area contributed by atoms with Crippen molar-refractivity contribution in [3.8, 4) is 0 Å². The fraction of sp³-hybridized carbons (Fsp3) is 0.267. The molecule has 2 aromatic rings. The lowest BCUT2D eigenvalue weighted by Crippen LogP contribution is -2.40. The smallest absolute Gasteiger partial charge is 0.325 e. The van der Waals surface area contributed by atoms with Gasteiger partial charge in [-0.05, 0) is 37.6 Å². The zero-order chi connectivity index (χ0) is 15.2. The molecule has 0 bridgehead atoms. The van der Waals surface area contributed by atoms with Crippen LogP contribution in [0, 0.1) is 0 Å². The Bertz CT molecular complexity index is 754. The number of hydrogen-bond acceptors (Lipinski definition) is 4. The van der Waals surface area contributed by atoms with E-state index in [-0.39, 0.29) is 18.5 Å². The molecule has 21 heavy (non-hydrogen) atoms.